The lowest BCUT2D eigenvalue weighted by molar-refractivity contribution is 0.102. The summed E-state index contributed by atoms with van der Waals surface area (Å²) in [5.74, 6) is 0.619. The maximum atomic E-state index is 11.0. The van der Waals surface area contributed by atoms with Crippen LogP contribution in [0.25, 0.3) is 10.7 Å². The molecule has 0 fully saturated rings. The topological polar surface area (TPSA) is 56.0 Å². The standard InChI is InChI=1S/C9H8N2O2S/c1-5(12)8-3-10-9(14-8)7-4-13-6(2)11-7/h3-4H,1-2H3. The minimum atomic E-state index is 0.0222. The number of aryl methyl sites for hydroxylation is 1. The van der Waals surface area contributed by atoms with Crippen molar-refractivity contribution in [3.63, 3.8) is 0 Å². The normalized spacial score (nSPS) is 10.4. The Morgan fingerprint density at radius 1 is 1.57 bits per heavy atom. The van der Waals surface area contributed by atoms with E-state index >= 15 is 0 Å². The van der Waals surface area contributed by atoms with Crippen molar-refractivity contribution < 1.29 is 9.21 Å². The minimum Gasteiger partial charge on any atom is -0.449 e. The van der Waals surface area contributed by atoms with Crippen LogP contribution in [0.5, 0.6) is 0 Å². The molecule has 14 heavy (non-hydrogen) atoms. The lowest BCUT2D eigenvalue weighted by Gasteiger charge is -1.83. The van der Waals surface area contributed by atoms with Crippen LogP contribution in [0, 0.1) is 6.92 Å². The van der Waals surface area contributed by atoms with Crippen LogP contribution in [-0.2, 0) is 0 Å². The fourth-order valence-electron chi connectivity index (χ4n) is 1.02. The van der Waals surface area contributed by atoms with Crippen molar-refractivity contribution in [2.24, 2.45) is 0 Å². The lowest BCUT2D eigenvalue weighted by Crippen LogP contribution is -1.83. The van der Waals surface area contributed by atoms with Crippen LogP contribution in [0.2, 0.25) is 0 Å². The predicted molar refractivity (Wildman–Crippen MR) is 52.4 cm³/mol. The third-order valence-electron chi connectivity index (χ3n) is 1.69. The van der Waals surface area contributed by atoms with Gasteiger partial charge in [-0.1, -0.05) is 0 Å². The Morgan fingerprint density at radius 2 is 2.36 bits per heavy atom. The van der Waals surface area contributed by atoms with E-state index in [1.807, 2.05) is 0 Å². The zero-order valence-corrected chi connectivity index (χ0v) is 8.59. The van der Waals surface area contributed by atoms with Gasteiger partial charge in [-0.3, -0.25) is 4.79 Å². The summed E-state index contributed by atoms with van der Waals surface area (Å²) in [7, 11) is 0. The van der Waals surface area contributed by atoms with Crippen LogP contribution in [0.4, 0.5) is 0 Å². The molecule has 2 aromatic rings. The molecule has 0 saturated heterocycles. The molecule has 4 nitrogen and oxygen atoms in total. The molecule has 0 aliphatic heterocycles. The molecule has 2 aromatic heterocycles. The predicted octanol–water partition coefficient (Wildman–Crippen LogP) is 2.31. The summed E-state index contributed by atoms with van der Waals surface area (Å²) in [6.07, 6.45) is 3.10. The summed E-state index contributed by atoms with van der Waals surface area (Å²) in [5, 5.41) is 0.715. The first-order valence-corrected chi connectivity index (χ1v) is 4.88. The van der Waals surface area contributed by atoms with Crippen molar-refractivity contribution in [3.05, 3.63) is 23.2 Å². The number of ketones is 1. The van der Waals surface area contributed by atoms with Gasteiger partial charge < -0.3 is 4.42 Å². The molecule has 0 aliphatic rings. The van der Waals surface area contributed by atoms with E-state index in [0.717, 1.165) is 0 Å². The highest BCUT2D eigenvalue weighted by atomic mass is 32.1. The molecule has 0 unspecified atom stereocenters. The Balaban J connectivity index is 2.38. The van der Waals surface area contributed by atoms with Gasteiger partial charge in [0.25, 0.3) is 0 Å². The first-order chi connectivity index (χ1) is 6.66. The summed E-state index contributed by atoms with van der Waals surface area (Å²) >= 11 is 1.32. The van der Waals surface area contributed by atoms with Gasteiger partial charge in [-0.25, -0.2) is 9.97 Å². The van der Waals surface area contributed by atoms with Crippen LogP contribution < -0.4 is 0 Å². The Hall–Kier alpha value is -1.49. The molecule has 0 saturated carbocycles. The highest BCUT2D eigenvalue weighted by Crippen LogP contribution is 2.24. The average Bonchev–Trinajstić information content (AvgIpc) is 2.70. The summed E-state index contributed by atoms with van der Waals surface area (Å²) < 4.78 is 5.06. The number of nitrogens with zero attached hydrogens (tertiary/aromatic N) is 2. The summed E-state index contributed by atoms with van der Waals surface area (Å²) in [6.45, 7) is 3.29. The van der Waals surface area contributed by atoms with Gasteiger partial charge >= 0.3 is 0 Å². The van der Waals surface area contributed by atoms with Gasteiger partial charge in [-0.05, 0) is 0 Å². The second-order valence-corrected chi connectivity index (χ2v) is 3.87. The maximum Gasteiger partial charge on any atom is 0.191 e. The molecule has 0 N–H and O–H groups in total. The Bertz CT molecular complexity index is 473. The van der Waals surface area contributed by atoms with Crippen LogP contribution in [0.15, 0.2) is 16.9 Å². The molecule has 0 aliphatic carbocycles. The first kappa shape index (κ1) is 9.08. The van der Waals surface area contributed by atoms with Gasteiger partial charge in [0.05, 0.1) is 4.88 Å². The van der Waals surface area contributed by atoms with Crippen molar-refractivity contribution in [1.29, 1.82) is 0 Å². The first-order valence-electron chi connectivity index (χ1n) is 4.06. The summed E-state index contributed by atoms with van der Waals surface area (Å²) in [5.41, 5.74) is 0.681. The van der Waals surface area contributed by atoms with Crippen molar-refractivity contribution >= 4 is 17.1 Å². The second-order valence-electron chi connectivity index (χ2n) is 2.84. The Kier molecular flexibility index (Phi) is 2.17. The van der Waals surface area contributed by atoms with Crippen molar-refractivity contribution in [2.45, 2.75) is 13.8 Å². The number of thiazole rings is 1. The maximum absolute atomic E-state index is 11.0. The number of rotatable bonds is 2. The molecule has 5 heteroatoms. The fourth-order valence-corrected chi connectivity index (χ4v) is 1.78. The second kappa shape index (κ2) is 3.34. The number of carbonyl (C=O) groups excluding carboxylic acids is 1. The number of hydrogen-bond donors (Lipinski definition) is 0. The largest absolute Gasteiger partial charge is 0.449 e. The monoisotopic (exact) mass is 208 g/mol. The van der Waals surface area contributed by atoms with E-state index in [0.29, 0.717) is 21.5 Å². The Morgan fingerprint density at radius 3 is 2.86 bits per heavy atom. The third kappa shape index (κ3) is 1.58. The molecule has 2 heterocycles. The van der Waals surface area contributed by atoms with Crippen LogP contribution in [0.3, 0.4) is 0 Å². The van der Waals surface area contributed by atoms with E-state index in [2.05, 4.69) is 9.97 Å². The minimum absolute atomic E-state index is 0.0222. The molecular weight excluding hydrogens is 200 g/mol. The van der Waals surface area contributed by atoms with Crippen molar-refractivity contribution in [2.75, 3.05) is 0 Å². The van der Waals surface area contributed by atoms with Gasteiger partial charge in [0.1, 0.15) is 17.0 Å². The van der Waals surface area contributed by atoms with Crippen molar-refractivity contribution in [1.82, 2.24) is 9.97 Å². The zero-order valence-electron chi connectivity index (χ0n) is 7.77. The molecule has 0 radical (unpaired) electrons. The van der Waals surface area contributed by atoms with Crippen LogP contribution >= 0.6 is 11.3 Å². The van der Waals surface area contributed by atoms with E-state index < -0.39 is 0 Å². The van der Waals surface area contributed by atoms with E-state index in [9.17, 15) is 4.79 Å². The summed E-state index contributed by atoms with van der Waals surface area (Å²) in [6, 6.07) is 0. The molecular formula is C9H8N2O2S. The number of carbonyl (C=O) groups is 1. The molecule has 2 rings (SSSR count). The van der Waals surface area contributed by atoms with Crippen LogP contribution in [-0.4, -0.2) is 15.8 Å². The molecule has 0 atom stereocenters. The fraction of sp³-hybridized carbons (Fsp3) is 0.222. The average molecular weight is 208 g/mol. The number of aromatic nitrogens is 2. The van der Waals surface area contributed by atoms with Gasteiger partial charge in [0.15, 0.2) is 11.7 Å². The lowest BCUT2D eigenvalue weighted by atomic mass is 10.4. The Labute approximate surface area is 84.6 Å². The highest BCUT2D eigenvalue weighted by Gasteiger charge is 2.10. The van der Waals surface area contributed by atoms with Gasteiger partial charge in [-0.2, -0.15) is 0 Å². The number of oxazole rings is 1. The highest BCUT2D eigenvalue weighted by molar-refractivity contribution is 7.16. The van der Waals surface area contributed by atoms with Crippen molar-refractivity contribution in [3.8, 4) is 10.7 Å². The van der Waals surface area contributed by atoms with E-state index in [1.54, 1.807) is 13.1 Å². The molecule has 0 bridgehead atoms. The van der Waals surface area contributed by atoms with E-state index in [4.69, 9.17) is 4.42 Å². The van der Waals surface area contributed by atoms with Gasteiger partial charge in [-0.15, -0.1) is 11.3 Å². The molecule has 0 amide bonds. The number of Topliss-reactive ketones (excluding diaryl/α,β-unsaturated/α-hetero) is 1. The van der Waals surface area contributed by atoms with Gasteiger partial charge in [0.2, 0.25) is 0 Å². The van der Waals surface area contributed by atoms with Gasteiger partial charge in [0, 0.05) is 20.0 Å². The zero-order chi connectivity index (χ0) is 10.1. The quantitative estimate of drug-likeness (QED) is 0.710. The van der Waals surface area contributed by atoms with E-state index in [1.165, 1.54) is 24.5 Å². The molecule has 0 spiro atoms. The molecule has 0 aromatic carbocycles. The number of hydrogen-bond acceptors (Lipinski definition) is 5. The third-order valence-corrected chi connectivity index (χ3v) is 2.81. The van der Waals surface area contributed by atoms with E-state index in [-0.39, 0.29) is 5.78 Å². The SMILES string of the molecule is CC(=O)c1cnc(-c2coc(C)n2)s1. The summed E-state index contributed by atoms with van der Waals surface area (Å²) in [4.78, 5) is 19.9. The smallest absolute Gasteiger partial charge is 0.191 e. The van der Waals surface area contributed by atoms with Crippen LogP contribution in [0.1, 0.15) is 22.5 Å². The molecule has 72 valence electrons.